The Morgan fingerprint density at radius 1 is 1.21 bits per heavy atom. The van der Waals surface area contributed by atoms with Gasteiger partial charge in [-0.25, -0.2) is 0 Å². The van der Waals surface area contributed by atoms with Crippen molar-refractivity contribution in [3.63, 3.8) is 0 Å². The first kappa shape index (κ1) is 13.4. The zero-order valence-corrected chi connectivity index (χ0v) is 11.5. The number of methoxy groups -OCH3 is 2. The van der Waals surface area contributed by atoms with Crippen molar-refractivity contribution in [2.24, 2.45) is 5.73 Å². The molecule has 102 valence electrons. The summed E-state index contributed by atoms with van der Waals surface area (Å²) >= 11 is 0. The first-order chi connectivity index (χ1) is 9.12. The maximum Gasteiger partial charge on any atom is 0.240 e. The minimum Gasteiger partial charge on any atom is -0.493 e. The van der Waals surface area contributed by atoms with E-state index in [0.717, 1.165) is 16.7 Å². The molecule has 2 rings (SSSR count). The van der Waals surface area contributed by atoms with Gasteiger partial charge in [0.05, 0.1) is 20.8 Å². The Hall–Kier alpha value is -2.08. The van der Waals surface area contributed by atoms with Gasteiger partial charge in [-0.3, -0.25) is 0 Å². The molecule has 0 atom stereocenters. The van der Waals surface area contributed by atoms with Gasteiger partial charge in [0.25, 0.3) is 0 Å². The molecule has 1 aromatic carbocycles. The van der Waals surface area contributed by atoms with Gasteiger partial charge in [0.1, 0.15) is 0 Å². The van der Waals surface area contributed by atoms with E-state index in [1.165, 1.54) is 0 Å². The summed E-state index contributed by atoms with van der Waals surface area (Å²) < 4.78 is 15.7. The van der Waals surface area contributed by atoms with Crippen molar-refractivity contribution >= 4 is 0 Å². The molecule has 0 unspecified atom stereocenters. The third-order valence-electron chi connectivity index (χ3n) is 3.11. The van der Waals surface area contributed by atoms with E-state index in [2.05, 4.69) is 10.1 Å². The van der Waals surface area contributed by atoms with E-state index in [0.29, 0.717) is 23.2 Å². The van der Waals surface area contributed by atoms with Crippen LogP contribution in [0.2, 0.25) is 0 Å². The summed E-state index contributed by atoms with van der Waals surface area (Å²) in [4.78, 5) is 4.23. The molecule has 0 spiro atoms. The van der Waals surface area contributed by atoms with Crippen molar-refractivity contribution in [2.45, 2.75) is 20.4 Å². The molecular weight excluding hydrogens is 246 g/mol. The highest BCUT2D eigenvalue weighted by Gasteiger charge is 2.18. The minimum absolute atomic E-state index is 0.221. The SMILES string of the molecule is COc1cc(-c2noc(CN)n2)c(C)c(C)c1OC. The van der Waals surface area contributed by atoms with E-state index in [9.17, 15) is 0 Å². The molecule has 6 heteroatoms. The van der Waals surface area contributed by atoms with Gasteiger partial charge in [-0.2, -0.15) is 4.98 Å². The zero-order chi connectivity index (χ0) is 14.0. The lowest BCUT2D eigenvalue weighted by molar-refractivity contribution is 0.352. The quantitative estimate of drug-likeness (QED) is 0.906. The molecule has 0 aliphatic carbocycles. The van der Waals surface area contributed by atoms with E-state index in [1.807, 2.05) is 19.9 Å². The predicted molar refractivity (Wildman–Crippen MR) is 70.2 cm³/mol. The van der Waals surface area contributed by atoms with Crippen LogP contribution in [0.4, 0.5) is 0 Å². The number of nitrogens with two attached hydrogens (primary N) is 1. The van der Waals surface area contributed by atoms with Crippen LogP contribution in [-0.4, -0.2) is 24.4 Å². The zero-order valence-electron chi connectivity index (χ0n) is 11.5. The molecule has 19 heavy (non-hydrogen) atoms. The second-order valence-corrected chi connectivity index (χ2v) is 4.13. The fourth-order valence-electron chi connectivity index (χ4n) is 1.95. The molecule has 1 aromatic heterocycles. The van der Waals surface area contributed by atoms with Gasteiger partial charge in [0, 0.05) is 5.56 Å². The standard InChI is InChI=1S/C13H17N3O3/c1-7-8(2)12(18-4)10(17-3)5-9(7)13-15-11(6-14)19-16-13/h5H,6,14H2,1-4H3. The Morgan fingerprint density at radius 2 is 1.95 bits per heavy atom. The number of aromatic nitrogens is 2. The molecule has 0 saturated heterocycles. The molecule has 0 fully saturated rings. The molecule has 2 N–H and O–H groups in total. The second kappa shape index (κ2) is 5.27. The Labute approximate surface area is 111 Å². The highest BCUT2D eigenvalue weighted by Crippen LogP contribution is 2.38. The first-order valence-corrected chi connectivity index (χ1v) is 5.87. The summed E-state index contributed by atoms with van der Waals surface area (Å²) in [5.74, 6) is 2.26. The number of nitrogens with zero attached hydrogens (tertiary/aromatic N) is 2. The lowest BCUT2D eigenvalue weighted by Crippen LogP contribution is -1.99. The van der Waals surface area contributed by atoms with Crippen molar-refractivity contribution < 1.29 is 14.0 Å². The number of hydrogen-bond donors (Lipinski definition) is 1. The van der Waals surface area contributed by atoms with E-state index >= 15 is 0 Å². The van der Waals surface area contributed by atoms with Crippen LogP contribution in [0.1, 0.15) is 17.0 Å². The average Bonchev–Trinajstić information content (AvgIpc) is 2.90. The van der Waals surface area contributed by atoms with Crippen molar-refractivity contribution in [1.29, 1.82) is 0 Å². The van der Waals surface area contributed by atoms with Crippen LogP contribution in [0.5, 0.6) is 11.5 Å². The minimum atomic E-state index is 0.221. The highest BCUT2D eigenvalue weighted by molar-refractivity contribution is 5.68. The molecule has 0 saturated carbocycles. The van der Waals surface area contributed by atoms with Crippen molar-refractivity contribution in [3.05, 3.63) is 23.1 Å². The van der Waals surface area contributed by atoms with Crippen LogP contribution in [0.15, 0.2) is 10.6 Å². The maximum absolute atomic E-state index is 5.47. The largest absolute Gasteiger partial charge is 0.493 e. The van der Waals surface area contributed by atoms with E-state index in [4.69, 9.17) is 19.7 Å². The van der Waals surface area contributed by atoms with Crippen LogP contribution < -0.4 is 15.2 Å². The van der Waals surface area contributed by atoms with Gasteiger partial charge in [-0.15, -0.1) is 0 Å². The molecule has 0 bridgehead atoms. The summed E-state index contributed by atoms with van der Waals surface area (Å²) in [6.45, 7) is 4.16. The molecular formula is C13H17N3O3. The normalized spacial score (nSPS) is 10.6. The van der Waals surface area contributed by atoms with Crippen molar-refractivity contribution in [3.8, 4) is 22.9 Å². The third-order valence-corrected chi connectivity index (χ3v) is 3.11. The van der Waals surface area contributed by atoms with Gasteiger partial charge in [0.15, 0.2) is 11.5 Å². The molecule has 0 aliphatic rings. The monoisotopic (exact) mass is 263 g/mol. The highest BCUT2D eigenvalue weighted by atomic mass is 16.5. The molecule has 0 radical (unpaired) electrons. The number of benzene rings is 1. The van der Waals surface area contributed by atoms with Crippen molar-refractivity contribution in [1.82, 2.24) is 10.1 Å². The fourth-order valence-corrected chi connectivity index (χ4v) is 1.95. The molecule has 0 aliphatic heterocycles. The third kappa shape index (κ3) is 2.26. The van der Waals surface area contributed by atoms with Crippen LogP contribution in [0, 0.1) is 13.8 Å². The topological polar surface area (TPSA) is 83.4 Å². The Bertz CT molecular complexity index is 593. The van der Waals surface area contributed by atoms with Crippen molar-refractivity contribution in [2.75, 3.05) is 14.2 Å². The summed E-state index contributed by atoms with van der Waals surface area (Å²) in [6, 6.07) is 1.84. The smallest absolute Gasteiger partial charge is 0.240 e. The second-order valence-electron chi connectivity index (χ2n) is 4.13. The number of rotatable bonds is 4. The summed E-state index contributed by atoms with van der Waals surface area (Å²) in [5, 5.41) is 3.93. The Morgan fingerprint density at radius 3 is 2.47 bits per heavy atom. The van der Waals surface area contributed by atoms with Crippen LogP contribution in [-0.2, 0) is 6.54 Å². The molecule has 1 heterocycles. The lowest BCUT2D eigenvalue weighted by atomic mass is 10.0. The number of hydrogen-bond acceptors (Lipinski definition) is 6. The van der Waals surface area contributed by atoms with Gasteiger partial charge in [-0.05, 0) is 31.0 Å². The van der Waals surface area contributed by atoms with Gasteiger partial charge < -0.3 is 19.7 Å². The predicted octanol–water partition coefficient (Wildman–Crippen LogP) is 1.83. The molecule has 6 nitrogen and oxygen atoms in total. The summed E-state index contributed by atoms with van der Waals surface area (Å²) in [5.41, 5.74) is 8.31. The maximum atomic E-state index is 5.47. The Balaban J connectivity index is 2.60. The van der Waals surface area contributed by atoms with E-state index in [-0.39, 0.29) is 6.54 Å². The van der Waals surface area contributed by atoms with Crippen LogP contribution >= 0.6 is 0 Å². The number of ether oxygens (including phenoxy) is 2. The molecule has 2 aromatic rings. The van der Waals surface area contributed by atoms with Crippen LogP contribution in [0.25, 0.3) is 11.4 Å². The average molecular weight is 263 g/mol. The summed E-state index contributed by atoms with van der Waals surface area (Å²) in [6.07, 6.45) is 0. The van der Waals surface area contributed by atoms with Crippen LogP contribution in [0.3, 0.4) is 0 Å². The van der Waals surface area contributed by atoms with Gasteiger partial charge >= 0.3 is 0 Å². The van der Waals surface area contributed by atoms with Gasteiger partial charge in [-0.1, -0.05) is 5.16 Å². The van der Waals surface area contributed by atoms with E-state index < -0.39 is 0 Å². The van der Waals surface area contributed by atoms with E-state index in [1.54, 1.807) is 14.2 Å². The molecule has 0 amide bonds. The van der Waals surface area contributed by atoms with Gasteiger partial charge in [0.2, 0.25) is 11.7 Å². The summed E-state index contributed by atoms with van der Waals surface area (Å²) in [7, 11) is 3.21. The lowest BCUT2D eigenvalue weighted by Gasteiger charge is -2.14. The first-order valence-electron chi connectivity index (χ1n) is 5.87. The Kier molecular flexibility index (Phi) is 3.71. The fraction of sp³-hybridized carbons (Fsp3) is 0.385.